The molecule has 0 bridgehead atoms. The molecule has 0 heterocycles. The van der Waals surface area contributed by atoms with Crippen molar-refractivity contribution in [3.8, 4) is 11.5 Å². The van der Waals surface area contributed by atoms with E-state index in [1.807, 2.05) is 31.2 Å². The number of carbonyl (C=O) groups is 2. The second kappa shape index (κ2) is 13.3. The summed E-state index contributed by atoms with van der Waals surface area (Å²) in [5, 5.41) is 2.59. The highest BCUT2D eigenvalue weighted by Gasteiger charge is 2.34. The van der Waals surface area contributed by atoms with Crippen molar-refractivity contribution in [1.29, 1.82) is 0 Å². The van der Waals surface area contributed by atoms with Crippen molar-refractivity contribution in [1.82, 2.24) is 10.2 Å². The van der Waals surface area contributed by atoms with E-state index < -0.39 is 34.3 Å². The van der Waals surface area contributed by atoms with Crippen molar-refractivity contribution in [2.75, 3.05) is 32.1 Å². The summed E-state index contributed by atoms with van der Waals surface area (Å²) in [5.41, 5.74) is 1.81. The van der Waals surface area contributed by atoms with Gasteiger partial charge in [0.1, 0.15) is 18.4 Å². The second-order valence-electron chi connectivity index (χ2n) is 8.99. The van der Waals surface area contributed by atoms with E-state index in [2.05, 4.69) is 5.32 Å². The summed E-state index contributed by atoms with van der Waals surface area (Å²) in [4.78, 5) is 28.0. The molecular formula is C29H34FN3O6S. The number of hydrogen-bond acceptors (Lipinski definition) is 6. The zero-order valence-corrected chi connectivity index (χ0v) is 24.0. The van der Waals surface area contributed by atoms with Crippen LogP contribution >= 0.6 is 0 Å². The third-order valence-electron chi connectivity index (χ3n) is 6.57. The fraction of sp³-hybridized carbons (Fsp3) is 0.310. The quantitative estimate of drug-likeness (QED) is 0.354. The Hall–Kier alpha value is -4.12. The van der Waals surface area contributed by atoms with Crippen LogP contribution in [0.5, 0.6) is 11.5 Å². The van der Waals surface area contributed by atoms with Crippen molar-refractivity contribution in [2.45, 2.75) is 37.8 Å². The number of anilines is 1. The van der Waals surface area contributed by atoms with E-state index in [1.54, 1.807) is 6.92 Å². The first-order chi connectivity index (χ1) is 19.1. The summed E-state index contributed by atoms with van der Waals surface area (Å²) in [5.74, 6) is -1.04. The molecule has 40 heavy (non-hydrogen) atoms. The van der Waals surface area contributed by atoms with E-state index in [0.717, 1.165) is 27.6 Å². The fourth-order valence-corrected chi connectivity index (χ4v) is 5.73. The van der Waals surface area contributed by atoms with Gasteiger partial charge in [0.2, 0.25) is 11.8 Å². The average molecular weight is 572 g/mol. The number of rotatable bonds is 12. The molecule has 214 valence electrons. The van der Waals surface area contributed by atoms with E-state index in [4.69, 9.17) is 9.47 Å². The zero-order valence-electron chi connectivity index (χ0n) is 23.2. The van der Waals surface area contributed by atoms with Crippen LogP contribution in [-0.4, -0.2) is 59.0 Å². The van der Waals surface area contributed by atoms with Crippen molar-refractivity contribution in [3.05, 3.63) is 83.7 Å². The first-order valence-corrected chi connectivity index (χ1v) is 14.1. The maximum absolute atomic E-state index is 14.0. The van der Waals surface area contributed by atoms with Gasteiger partial charge in [0.15, 0.2) is 11.5 Å². The zero-order chi connectivity index (χ0) is 29.4. The molecule has 0 aliphatic carbocycles. The predicted molar refractivity (Wildman–Crippen MR) is 150 cm³/mol. The molecule has 2 amide bonds. The third-order valence-corrected chi connectivity index (χ3v) is 8.34. The minimum Gasteiger partial charge on any atom is -0.493 e. The van der Waals surface area contributed by atoms with E-state index in [1.165, 1.54) is 56.5 Å². The van der Waals surface area contributed by atoms with Gasteiger partial charge in [-0.25, -0.2) is 12.8 Å². The Kier molecular flexibility index (Phi) is 10.1. The van der Waals surface area contributed by atoms with Gasteiger partial charge in [-0.05, 0) is 60.9 Å². The van der Waals surface area contributed by atoms with Gasteiger partial charge in [0, 0.05) is 19.7 Å². The molecule has 0 aromatic heterocycles. The summed E-state index contributed by atoms with van der Waals surface area (Å²) >= 11 is 0. The van der Waals surface area contributed by atoms with Crippen molar-refractivity contribution in [3.63, 3.8) is 0 Å². The smallest absolute Gasteiger partial charge is 0.264 e. The first kappa shape index (κ1) is 30.4. The minimum atomic E-state index is -4.37. The molecule has 1 atom stereocenters. The van der Waals surface area contributed by atoms with Crippen LogP contribution in [0.2, 0.25) is 0 Å². The van der Waals surface area contributed by atoms with Gasteiger partial charge in [-0.1, -0.05) is 31.2 Å². The number of halogens is 1. The Labute approximate surface area is 234 Å². The van der Waals surface area contributed by atoms with Crippen molar-refractivity contribution >= 4 is 27.5 Å². The summed E-state index contributed by atoms with van der Waals surface area (Å²) in [6.07, 6.45) is 0.302. The Morgan fingerprint density at radius 3 is 2.20 bits per heavy atom. The Balaban J connectivity index is 2.10. The van der Waals surface area contributed by atoms with Crippen LogP contribution in [0.3, 0.4) is 0 Å². The molecule has 0 saturated heterocycles. The van der Waals surface area contributed by atoms with Crippen LogP contribution in [0, 0.1) is 12.7 Å². The molecule has 0 spiro atoms. The summed E-state index contributed by atoms with van der Waals surface area (Å²) in [6, 6.07) is 15.5. The van der Waals surface area contributed by atoms with Crippen LogP contribution in [0.4, 0.5) is 10.1 Å². The standard InChI is InChI=1S/C29H34FN3O6S/c1-6-25(29(35)31-3)32(18-21-10-8-7-9-20(21)2)28(34)19-33(23-13-11-22(30)12-14-23)40(36,37)24-15-16-26(38-4)27(17-24)39-5/h7-17,25H,6,18-19H2,1-5H3,(H,31,35)/t25-/m0/s1. The molecule has 11 heteroatoms. The lowest BCUT2D eigenvalue weighted by Gasteiger charge is -2.33. The number of likely N-dealkylation sites (N-methyl/N-ethyl adjacent to an activating group) is 1. The number of hydrogen-bond donors (Lipinski definition) is 1. The molecule has 3 rings (SSSR count). The average Bonchev–Trinajstić information content (AvgIpc) is 2.96. The summed E-state index contributed by atoms with van der Waals surface area (Å²) in [7, 11) is -0.0818. The van der Waals surface area contributed by atoms with E-state index in [0.29, 0.717) is 12.2 Å². The number of nitrogens with zero attached hydrogens (tertiary/aromatic N) is 2. The second-order valence-corrected chi connectivity index (χ2v) is 10.9. The number of ether oxygens (including phenoxy) is 2. The lowest BCUT2D eigenvalue weighted by molar-refractivity contribution is -0.140. The molecule has 9 nitrogen and oxygen atoms in total. The maximum atomic E-state index is 14.0. The van der Waals surface area contributed by atoms with Gasteiger partial charge < -0.3 is 19.7 Å². The highest BCUT2D eigenvalue weighted by atomic mass is 32.2. The van der Waals surface area contributed by atoms with E-state index in [-0.39, 0.29) is 28.8 Å². The number of aryl methyl sites for hydroxylation is 1. The molecular weight excluding hydrogens is 537 g/mol. The number of benzene rings is 3. The van der Waals surface area contributed by atoms with E-state index >= 15 is 0 Å². The molecule has 3 aromatic carbocycles. The highest BCUT2D eigenvalue weighted by Crippen LogP contribution is 2.32. The molecule has 0 unspecified atom stereocenters. The predicted octanol–water partition coefficient (Wildman–Crippen LogP) is 3.90. The molecule has 0 fully saturated rings. The van der Waals surface area contributed by atoms with Gasteiger partial charge in [-0.3, -0.25) is 13.9 Å². The third kappa shape index (κ3) is 6.71. The molecule has 0 radical (unpaired) electrons. The van der Waals surface area contributed by atoms with Gasteiger partial charge in [0.25, 0.3) is 10.0 Å². The fourth-order valence-electron chi connectivity index (χ4n) is 4.30. The van der Waals surface area contributed by atoms with Gasteiger partial charge in [-0.2, -0.15) is 0 Å². The normalized spacial score (nSPS) is 11.8. The van der Waals surface area contributed by atoms with Crippen LogP contribution in [0.1, 0.15) is 24.5 Å². The van der Waals surface area contributed by atoms with Crippen LogP contribution < -0.4 is 19.1 Å². The monoisotopic (exact) mass is 571 g/mol. The molecule has 0 aliphatic rings. The molecule has 0 aliphatic heterocycles. The number of sulfonamides is 1. The number of carbonyl (C=O) groups excluding carboxylic acids is 2. The topological polar surface area (TPSA) is 105 Å². The highest BCUT2D eigenvalue weighted by molar-refractivity contribution is 7.92. The van der Waals surface area contributed by atoms with Crippen LogP contribution in [-0.2, 0) is 26.2 Å². The summed E-state index contributed by atoms with van der Waals surface area (Å²) < 4.78 is 53.1. The SMILES string of the molecule is CC[C@@H](C(=O)NC)N(Cc1ccccc1C)C(=O)CN(c1ccc(F)cc1)S(=O)(=O)c1ccc(OC)c(OC)c1. The molecule has 3 aromatic rings. The lowest BCUT2D eigenvalue weighted by atomic mass is 10.1. The Morgan fingerprint density at radius 2 is 1.62 bits per heavy atom. The Bertz CT molecular complexity index is 1450. The number of amides is 2. The number of methoxy groups -OCH3 is 2. The van der Waals surface area contributed by atoms with Gasteiger partial charge >= 0.3 is 0 Å². The number of nitrogens with one attached hydrogen (secondary N) is 1. The first-order valence-electron chi connectivity index (χ1n) is 12.6. The van der Waals surface area contributed by atoms with Crippen molar-refractivity contribution in [2.24, 2.45) is 0 Å². The summed E-state index contributed by atoms with van der Waals surface area (Å²) in [6.45, 7) is 3.12. The largest absolute Gasteiger partial charge is 0.493 e. The lowest BCUT2D eigenvalue weighted by Crippen LogP contribution is -2.51. The Morgan fingerprint density at radius 1 is 0.975 bits per heavy atom. The van der Waals surface area contributed by atoms with Crippen molar-refractivity contribution < 1.29 is 31.9 Å². The molecule has 0 saturated carbocycles. The van der Waals surface area contributed by atoms with E-state index in [9.17, 15) is 22.4 Å². The van der Waals surface area contributed by atoms with Gasteiger partial charge in [0.05, 0.1) is 24.8 Å². The van der Waals surface area contributed by atoms with Crippen LogP contribution in [0.25, 0.3) is 0 Å². The minimum absolute atomic E-state index is 0.0772. The van der Waals surface area contributed by atoms with Gasteiger partial charge in [-0.15, -0.1) is 0 Å². The van der Waals surface area contributed by atoms with Crippen LogP contribution in [0.15, 0.2) is 71.6 Å². The molecule has 1 N–H and O–H groups in total. The maximum Gasteiger partial charge on any atom is 0.264 e.